The van der Waals surface area contributed by atoms with E-state index in [1.807, 2.05) is 12.1 Å². The molecule has 2 aromatic heterocycles. The molecule has 5 nitrogen and oxygen atoms in total. The molecule has 1 amide bonds. The SMILES string of the molecule is CCC(C)COc1ccc(C(=O)NCc2cccnc2)cn1. The van der Waals surface area contributed by atoms with Crippen molar-refractivity contribution in [2.24, 2.45) is 5.92 Å². The fourth-order valence-electron chi connectivity index (χ4n) is 1.73. The normalized spacial score (nSPS) is 11.7. The summed E-state index contributed by atoms with van der Waals surface area (Å²) in [6.07, 6.45) is 6.02. The molecule has 0 bridgehead atoms. The minimum atomic E-state index is -0.162. The quantitative estimate of drug-likeness (QED) is 0.854. The minimum Gasteiger partial charge on any atom is -0.477 e. The molecule has 0 fully saturated rings. The van der Waals surface area contributed by atoms with Crippen molar-refractivity contribution in [3.8, 4) is 5.88 Å². The first kappa shape index (κ1) is 15.9. The second-order valence-corrected chi connectivity index (χ2v) is 5.25. The van der Waals surface area contributed by atoms with Crippen molar-refractivity contribution in [3.63, 3.8) is 0 Å². The Morgan fingerprint density at radius 2 is 2.18 bits per heavy atom. The van der Waals surface area contributed by atoms with Crippen molar-refractivity contribution in [3.05, 3.63) is 54.0 Å². The molecule has 0 saturated heterocycles. The van der Waals surface area contributed by atoms with Crippen molar-refractivity contribution in [1.29, 1.82) is 0 Å². The smallest absolute Gasteiger partial charge is 0.253 e. The first-order valence-electron chi connectivity index (χ1n) is 7.45. The zero-order chi connectivity index (χ0) is 15.8. The molecule has 0 aliphatic rings. The summed E-state index contributed by atoms with van der Waals surface area (Å²) < 4.78 is 5.57. The van der Waals surface area contributed by atoms with Gasteiger partial charge in [-0.05, 0) is 23.6 Å². The van der Waals surface area contributed by atoms with Crippen LogP contribution in [0.3, 0.4) is 0 Å². The van der Waals surface area contributed by atoms with Gasteiger partial charge in [0.25, 0.3) is 5.91 Å². The standard InChI is InChI=1S/C17H21N3O2/c1-3-13(2)12-22-16-7-6-15(11-19-16)17(21)20-10-14-5-4-8-18-9-14/h4-9,11,13H,3,10,12H2,1-2H3,(H,20,21). The summed E-state index contributed by atoms with van der Waals surface area (Å²) in [5.74, 6) is 0.873. The van der Waals surface area contributed by atoms with Gasteiger partial charge >= 0.3 is 0 Å². The summed E-state index contributed by atoms with van der Waals surface area (Å²) >= 11 is 0. The minimum absolute atomic E-state index is 0.162. The van der Waals surface area contributed by atoms with E-state index in [4.69, 9.17) is 4.74 Å². The lowest BCUT2D eigenvalue weighted by Crippen LogP contribution is -2.23. The van der Waals surface area contributed by atoms with Crippen LogP contribution in [0.5, 0.6) is 5.88 Å². The highest BCUT2D eigenvalue weighted by Gasteiger charge is 2.07. The number of carbonyl (C=O) groups excluding carboxylic acids is 1. The topological polar surface area (TPSA) is 64.1 Å². The number of ether oxygens (including phenoxy) is 1. The van der Waals surface area contributed by atoms with Gasteiger partial charge in [0.1, 0.15) is 0 Å². The second kappa shape index (κ2) is 8.12. The van der Waals surface area contributed by atoms with Crippen molar-refractivity contribution in [2.75, 3.05) is 6.61 Å². The molecule has 5 heteroatoms. The number of rotatable bonds is 7. The Labute approximate surface area is 130 Å². The summed E-state index contributed by atoms with van der Waals surface area (Å²) in [7, 11) is 0. The maximum absolute atomic E-state index is 12.0. The zero-order valence-electron chi connectivity index (χ0n) is 13.0. The highest BCUT2D eigenvalue weighted by molar-refractivity contribution is 5.93. The van der Waals surface area contributed by atoms with Crippen molar-refractivity contribution in [1.82, 2.24) is 15.3 Å². The van der Waals surface area contributed by atoms with Gasteiger partial charge in [-0.2, -0.15) is 0 Å². The third-order valence-corrected chi connectivity index (χ3v) is 3.39. The fourth-order valence-corrected chi connectivity index (χ4v) is 1.73. The highest BCUT2D eigenvalue weighted by Crippen LogP contribution is 2.10. The lowest BCUT2D eigenvalue weighted by Gasteiger charge is -2.10. The Balaban J connectivity index is 1.85. The van der Waals surface area contributed by atoms with E-state index in [-0.39, 0.29) is 5.91 Å². The van der Waals surface area contributed by atoms with Gasteiger partial charge < -0.3 is 10.1 Å². The van der Waals surface area contributed by atoms with Gasteiger partial charge in [0.05, 0.1) is 12.2 Å². The lowest BCUT2D eigenvalue weighted by molar-refractivity contribution is 0.0950. The van der Waals surface area contributed by atoms with Crippen LogP contribution < -0.4 is 10.1 Å². The summed E-state index contributed by atoms with van der Waals surface area (Å²) in [5, 5.41) is 2.83. The molecule has 2 aromatic rings. The fraction of sp³-hybridized carbons (Fsp3) is 0.353. The van der Waals surface area contributed by atoms with Crippen molar-refractivity contribution >= 4 is 5.91 Å². The second-order valence-electron chi connectivity index (χ2n) is 5.25. The predicted octanol–water partition coefficient (Wildman–Crippen LogP) is 2.83. The zero-order valence-corrected chi connectivity index (χ0v) is 13.0. The van der Waals surface area contributed by atoms with Gasteiger partial charge in [-0.3, -0.25) is 9.78 Å². The maximum atomic E-state index is 12.0. The van der Waals surface area contributed by atoms with E-state index in [1.54, 1.807) is 24.5 Å². The molecule has 1 unspecified atom stereocenters. The summed E-state index contributed by atoms with van der Waals surface area (Å²) in [5.41, 5.74) is 1.47. The van der Waals surface area contributed by atoms with E-state index in [0.29, 0.717) is 30.5 Å². The average molecular weight is 299 g/mol. The van der Waals surface area contributed by atoms with E-state index >= 15 is 0 Å². The molecule has 0 radical (unpaired) electrons. The highest BCUT2D eigenvalue weighted by atomic mass is 16.5. The Bertz CT molecular complexity index is 585. The molecule has 2 rings (SSSR count). The molecule has 2 heterocycles. The Morgan fingerprint density at radius 1 is 1.32 bits per heavy atom. The number of hydrogen-bond acceptors (Lipinski definition) is 4. The number of aromatic nitrogens is 2. The van der Waals surface area contributed by atoms with Crippen LogP contribution in [0, 0.1) is 5.92 Å². The molecule has 116 valence electrons. The van der Waals surface area contributed by atoms with Gasteiger partial charge in [0, 0.05) is 31.2 Å². The molecule has 1 N–H and O–H groups in total. The number of amides is 1. The predicted molar refractivity (Wildman–Crippen MR) is 84.6 cm³/mol. The van der Waals surface area contributed by atoms with Crippen LogP contribution >= 0.6 is 0 Å². The molecular formula is C17H21N3O2. The number of nitrogens with one attached hydrogen (secondary N) is 1. The van der Waals surface area contributed by atoms with Gasteiger partial charge in [0.15, 0.2) is 0 Å². The third kappa shape index (κ3) is 4.84. The Kier molecular flexibility index (Phi) is 5.89. The molecule has 0 aromatic carbocycles. The Morgan fingerprint density at radius 3 is 2.82 bits per heavy atom. The van der Waals surface area contributed by atoms with Crippen molar-refractivity contribution in [2.45, 2.75) is 26.8 Å². The average Bonchev–Trinajstić information content (AvgIpc) is 2.59. The maximum Gasteiger partial charge on any atom is 0.253 e. The van der Waals surface area contributed by atoms with Gasteiger partial charge in [0.2, 0.25) is 5.88 Å². The molecule has 0 aliphatic carbocycles. The molecule has 0 aliphatic heterocycles. The van der Waals surface area contributed by atoms with E-state index in [9.17, 15) is 4.79 Å². The van der Waals surface area contributed by atoms with Gasteiger partial charge in [-0.25, -0.2) is 4.98 Å². The molecule has 22 heavy (non-hydrogen) atoms. The van der Waals surface area contributed by atoms with Crippen LogP contribution in [0.15, 0.2) is 42.9 Å². The summed E-state index contributed by atoms with van der Waals surface area (Å²) in [6, 6.07) is 7.20. The molecule has 1 atom stereocenters. The Hall–Kier alpha value is -2.43. The van der Waals surface area contributed by atoms with Gasteiger partial charge in [-0.1, -0.05) is 26.3 Å². The number of pyridine rings is 2. The summed E-state index contributed by atoms with van der Waals surface area (Å²) in [6.45, 7) is 5.33. The largest absolute Gasteiger partial charge is 0.477 e. The van der Waals surface area contributed by atoms with Crippen LogP contribution in [-0.2, 0) is 6.54 Å². The number of carbonyl (C=O) groups is 1. The van der Waals surface area contributed by atoms with E-state index in [2.05, 4.69) is 29.1 Å². The lowest BCUT2D eigenvalue weighted by atomic mass is 10.1. The molecule has 0 spiro atoms. The van der Waals surface area contributed by atoms with Crippen LogP contribution in [0.1, 0.15) is 36.2 Å². The van der Waals surface area contributed by atoms with E-state index in [1.165, 1.54) is 6.20 Å². The molecule has 0 saturated carbocycles. The van der Waals surface area contributed by atoms with E-state index in [0.717, 1.165) is 12.0 Å². The van der Waals surface area contributed by atoms with Crippen LogP contribution in [0.25, 0.3) is 0 Å². The van der Waals surface area contributed by atoms with Crippen LogP contribution in [-0.4, -0.2) is 22.5 Å². The first-order valence-corrected chi connectivity index (χ1v) is 7.45. The first-order chi connectivity index (χ1) is 10.7. The van der Waals surface area contributed by atoms with E-state index < -0.39 is 0 Å². The van der Waals surface area contributed by atoms with Crippen LogP contribution in [0.4, 0.5) is 0 Å². The number of nitrogens with zero attached hydrogens (tertiary/aromatic N) is 2. The third-order valence-electron chi connectivity index (χ3n) is 3.39. The molecular weight excluding hydrogens is 278 g/mol. The van der Waals surface area contributed by atoms with Crippen molar-refractivity contribution < 1.29 is 9.53 Å². The summed E-state index contributed by atoms with van der Waals surface area (Å²) in [4.78, 5) is 20.2. The van der Waals surface area contributed by atoms with Gasteiger partial charge in [-0.15, -0.1) is 0 Å². The van der Waals surface area contributed by atoms with Crippen LogP contribution in [0.2, 0.25) is 0 Å². The monoisotopic (exact) mass is 299 g/mol. The number of hydrogen-bond donors (Lipinski definition) is 1.